The molecule has 0 bridgehead atoms. The molecule has 6 nitrogen and oxygen atoms in total. The molecule has 0 aliphatic rings. The number of nitrogens with zero attached hydrogens (tertiary/aromatic N) is 3. The van der Waals surface area contributed by atoms with E-state index in [9.17, 15) is 4.79 Å². The molecule has 0 fully saturated rings. The maximum absolute atomic E-state index is 13.0. The third-order valence-corrected chi connectivity index (χ3v) is 5.71. The molecule has 0 saturated heterocycles. The predicted octanol–water partition coefficient (Wildman–Crippen LogP) is 6.12. The monoisotopic (exact) mass is 465 g/mol. The Kier molecular flexibility index (Phi) is 5.95. The molecule has 0 aliphatic heterocycles. The fourth-order valence-corrected chi connectivity index (χ4v) is 3.83. The summed E-state index contributed by atoms with van der Waals surface area (Å²) >= 11 is 0. The van der Waals surface area contributed by atoms with Gasteiger partial charge in [0.15, 0.2) is 5.65 Å². The number of hydrogen-bond acceptors (Lipinski definition) is 5. The number of rotatable bonds is 6. The Hall–Kier alpha value is -4.19. The third kappa shape index (κ3) is 4.87. The van der Waals surface area contributed by atoms with Crippen molar-refractivity contribution in [3.8, 4) is 17.1 Å². The molecule has 0 spiro atoms. The summed E-state index contributed by atoms with van der Waals surface area (Å²) in [7, 11) is 0. The summed E-state index contributed by atoms with van der Waals surface area (Å²) in [4.78, 5) is 22.9. The number of hydrogen-bond donors (Lipinski definition) is 0. The van der Waals surface area contributed by atoms with Crippen molar-refractivity contribution in [1.29, 1.82) is 0 Å². The highest BCUT2D eigenvalue weighted by Crippen LogP contribution is 2.31. The number of esters is 1. The van der Waals surface area contributed by atoms with Crippen LogP contribution in [0.2, 0.25) is 0 Å². The Labute approximate surface area is 204 Å². The highest BCUT2D eigenvalue weighted by molar-refractivity contribution is 5.78. The fourth-order valence-electron chi connectivity index (χ4n) is 3.83. The van der Waals surface area contributed by atoms with Gasteiger partial charge in [0.05, 0.1) is 29.5 Å². The van der Waals surface area contributed by atoms with Gasteiger partial charge in [0.25, 0.3) is 0 Å². The van der Waals surface area contributed by atoms with E-state index in [1.54, 1.807) is 6.26 Å². The Balaban J connectivity index is 1.72. The van der Waals surface area contributed by atoms with Gasteiger partial charge in [-0.05, 0) is 38.5 Å². The maximum Gasteiger partial charge on any atom is 0.317 e. The number of benzene rings is 2. The van der Waals surface area contributed by atoms with Crippen molar-refractivity contribution >= 4 is 11.6 Å². The van der Waals surface area contributed by atoms with Gasteiger partial charge in [-0.25, -0.2) is 9.97 Å². The molecule has 2 aromatic carbocycles. The van der Waals surface area contributed by atoms with Gasteiger partial charge >= 0.3 is 5.97 Å². The van der Waals surface area contributed by atoms with Crippen LogP contribution in [0.3, 0.4) is 0 Å². The molecule has 0 radical (unpaired) electrons. The van der Waals surface area contributed by atoms with Crippen LogP contribution in [0.4, 0.5) is 0 Å². The number of imidazole rings is 1. The number of fused-ring (bicyclic) bond motifs is 1. The standard InChI is InChI=1S/C29H27N3O3/c1-29(2,3)28(33)35-27-24(18-22-15-10-16-34-22)31-26-23(17-20-11-6-4-7-12-20)30-25(19-32(26)27)21-13-8-5-9-14-21/h4-16,19H,17-18H2,1-3H3. The second-order valence-electron chi connectivity index (χ2n) is 9.55. The summed E-state index contributed by atoms with van der Waals surface area (Å²) in [5, 5.41) is 0. The number of aromatic nitrogens is 3. The van der Waals surface area contributed by atoms with Crippen molar-refractivity contribution in [3.63, 3.8) is 0 Å². The topological polar surface area (TPSA) is 69.6 Å². The van der Waals surface area contributed by atoms with E-state index in [1.807, 2.05) is 92.0 Å². The van der Waals surface area contributed by atoms with Crippen LogP contribution in [-0.2, 0) is 17.6 Å². The van der Waals surface area contributed by atoms with Gasteiger partial charge in [-0.15, -0.1) is 0 Å². The fraction of sp³-hybridized carbons (Fsp3) is 0.207. The Morgan fingerprint density at radius 1 is 0.886 bits per heavy atom. The molecule has 176 valence electrons. The Morgan fingerprint density at radius 3 is 2.26 bits per heavy atom. The number of furan rings is 1. The smallest absolute Gasteiger partial charge is 0.317 e. The maximum atomic E-state index is 13.0. The lowest BCUT2D eigenvalue weighted by molar-refractivity contribution is -0.143. The summed E-state index contributed by atoms with van der Waals surface area (Å²) < 4.78 is 13.4. The lowest BCUT2D eigenvalue weighted by atomic mass is 9.97. The van der Waals surface area contributed by atoms with E-state index < -0.39 is 5.41 Å². The first-order chi connectivity index (χ1) is 16.9. The van der Waals surface area contributed by atoms with Crippen LogP contribution in [0.5, 0.6) is 5.88 Å². The zero-order valence-electron chi connectivity index (χ0n) is 20.1. The first-order valence-corrected chi connectivity index (χ1v) is 11.6. The van der Waals surface area contributed by atoms with E-state index in [0.29, 0.717) is 30.1 Å². The molecule has 3 heterocycles. The van der Waals surface area contributed by atoms with Crippen molar-refractivity contribution in [1.82, 2.24) is 14.4 Å². The highest BCUT2D eigenvalue weighted by atomic mass is 16.5. The van der Waals surface area contributed by atoms with Crippen molar-refractivity contribution in [2.45, 2.75) is 33.6 Å². The first kappa shape index (κ1) is 22.6. The second kappa shape index (κ2) is 9.22. The van der Waals surface area contributed by atoms with Crippen LogP contribution in [0.15, 0.2) is 89.7 Å². The summed E-state index contributed by atoms with van der Waals surface area (Å²) in [5.41, 5.74) is 4.28. The largest absolute Gasteiger partial charge is 0.469 e. The molecular weight excluding hydrogens is 438 g/mol. The van der Waals surface area contributed by atoms with Gasteiger partial charge in [0.1, 0.15) is 11.5 Å². The van der Waals surface area contributed by atoms with Crippen LogP contribution in [-0.4, -0.2) is 20.3 Å². The van der Waals surface area contributed by atoms with E-state index in [2.05, 4.69) is 12.1 Å². The van der Waals surface area contributed by atoms with Gasteiger partial charge in [0.2, 0.25) is 5.88 Å². The Bertz CT molecular complexity index is 1450. The molecule has 0 aliphatic carbocycles. The lowest BCUT2D eigenvalue weighted by Gasteiger charge is -2.17. The summed E-state index contributed by atoms with van der Waals surface area (Å²) in [6.45, 7) is 5.51. The van der Waals surface area contributed by atoms with Crippen LogP contribution < -0.4 is 4.74 Å². The van der Waals surface area contributed by atoms with Crippen LogP contribution in [0, 0.1) is 5.41 Å². The number of ether oxygens (including phenoxy) is 1. The van der Waals surface area contributed by atoms with Crippen LogP contribution in [0.1, 0.15) is 43.5 Å². The SMILES string of the molecule is CC(C)(C)C(=O)Oc1c(Cc2ccco2)nc2c(Cc3ccccc3)nc(-c3ccccc3)cn12. The minimum atomic E-state index is -0.672. The zero-order chi connectivity index (χ0) is 24.4. The normalized spacial score (nSPS) is 11.6. The van der Waals surface area contributed by atoms with Gasteiger partial charge < -0.3 is 9.15 Å². The quantitative estimate of drug-likeness (QED) is 0.283. The van der Waals surface area contributed by atoms with Crippen molar-refractivity contribution in [3.05, 3.63) is 108 Å². The van der Waals surface area contributed by atoms with E-state index in [1.165, 1.54) is 0 Å². The number of carbonyl (C=O) groups is 1. The van der Waals surface area contributed by atoms with Crippen LogP contribution >= 0.6 is 0 Å². The molecule has 0 atom stereocenters. The molecule has 5 rings (SSSR count). The highest BCUT2D eigenvalue weighted by Gasteiger charge is 2.28. The minimum absolute atomic E-state index is 0.331. The molecule has 0 amide bonds. The molecule has 5 aromatic rings. The minimum Gasteiger partial charge on any atom is -0.469 e. The molecule has 0 unspecified atom stereocenters. The number of carbonyl (C=O) groups excluding carboxylic acids is 1. The van der Waals surface area contributed by atoms with Gasteiger partial charge in [-0.2, -0.15) is 0 Å². The average Bonchev–Trinajstić information content (AvgIpc) is 3.48. The second-order valence-corrected chi connectivity index (χ2v) is 9.55. The van der Waals surface area contributed by atoms with E-state index in [0.717, 1.165) is 28.3 Å². The molecule has 0 saturated carbocycles. The van der Waals surface area contributed by atoms with Gasteiger partial charge in [-0.1, -0.05) is 60.7 Å². The van der Waals surface area contributed by atoms with E-state index >= 15 is 0 Å². The van der Waals surface area contributed by atoms with Crippen molar-refractivity contribution in [2.24, 2.45) is 5.41 Å². The summed E-state index contributed by atoms with van der Waals surface area (Å²) in [6.07, 6.45) is 4.51. The summed E-state index contributed by atoms with van der Waals surface area (Å²) in [6, 6.07) is 23.8. The Morgan fingerprint density at radius 2 is 1.60 bits per heavy atom. The molecule has 3 aromatic heterocycles. The van der Waals surface area contributed by atoms with Gasteiger partial charge in [0, 0.05) is 18.2 Å². The molecule has 6 heteroatoms. The van der Waals surface area contributed by atoms with Crippen molar-refractivity contribution < 1.29 is 13.9 Å². The predicted molar refractivity (Wildman–Crippen MR) is 134 cm³/mol. The van der Waals surface area contributed by atoms with Gasteiger partial charge in [-0.3, -0.25) is 9.20 Å². The molecule has 35 heavy (non-hydrogen) atoms. The first-order valence-electron chi connectivity index (χ1n) is 11.6. The third-order valence-electron chi connectivity index (χ3n) is 5.71. The molecule has 0 N–H and O–H groups in total. The lowest BCUT2D eigenvalue weighted by Crippen LogP contribution is -2.26. The molecular formula is C29H27N3O3. The zero-order valence-corrected chi connectivity index (χ0v) is 20.1. The van der Waals surface area contributed by atoms with Crippen LogP contribution in [0.25, 0.3) is 16.9 Å². The van der Waals surface area contributed by atoms with E-state index in [-0.39, 0.29) is 5.97 Å². The van der Waals surface area contributed by atoms with Crippen molar-refractivity contribution in [2.75, 3.05) is 0 Å². The van der Waals surface area contributed by atoms with E-state index in [4.69, 9.17) is 19.1 Å². The average molecular weight is 466 g/mol. The summed E-state index contributed by atoms with van der Waals surface area (Å²) in [5.74, 6) is 0.801.